The Labute approximate surface area is 296 Å². The summed E-state index contributed by atoms with van der Waals surface area (Å²) in [6.07, 6.45) is -1.40. The zero-order chi connectivity index (χ0) is 38.3. The summed E-state index contributed by atoms with van der Waals surface area (Å²) in [4.78, 5) is 16.0. The van der Waals surface area contributed by atoms with E-state index in [-0.39, 0.29) is 60.9 Å². The van der Waals surface area contributed by atoms with Gasteiger partial charge < -0.3 is 63.6 Å². The van der Waals surface area contributed by atoms with Gasteiger partial charge in [-0.15, -0.1) is 0 Å². The maximum Gasteiger partial charge on any atom is 0.524 e. The van der Waals surface area contributed by atoms with Crippen LogP contribution >= 0.6 is 31.0 Å². The van der Waals surface area contributed by atoms with Crippen molar-refractivity contribution in [2.75, 3.05) is 59.5 Å². The number of ether oxygens (including phenoxy) is 6. The van der Waals surface area contributed by atoms with Gasteiger partial charge in [0.05, 0.1) is 114 Å². The smallest absolute Gasteiger partial charge is 0.410 e. The second-order valence-electron chi connectivity index (χ2n) is 11.0. The second-order valence-corrected chi connectivity index (χ2v) is 13.2. The van der Waals surface area contributed by atoms with Crippen LogP contribution in [-0.4, -0.2) is 155 Å². The standard InChI is InChI=1S/3C9H20O4.C2H3Cl2O4P/c3*1-7(11)5-12-9(3)6-13-8(2)4-10;3-2(4)1-8-9(5,6)7/h3*7-11H,4-6H2,1-3H3;1H,(H2,5,6,7). The summed E-state index contributed by atoms with van der Waals surface area (Å²) < 4.78 is 44.6. The van der Waals surface area contributed by atoms with Crippen LogP contribution in [0.25, 0.3) is 0 Å². The van der Waals surface area contributed by atoms with Gasteiger partial charge in [-0.2, -0.15) is 0 Å². The fourth-order valence-corrected chi connectivity index (χ4v) is 2.68. The van der Waals surface area contributed by atoms with Crippen LogP contribution in [0.3, 0.4) is 0 Å². The third kappa shape index (κ3) is 52.6. The van der Waals surface area contributed by atoms with E-state index >= 15 is 0 Å². The van der Waals surface area contributed by atoms with Crippen LogP contribution in [0.1, 0.15) is 62.3 Å². The monoisotopic (exact) mass is 768 g/mol. The van der Waals surface area contributed by atoms with Crippen LogP contribution in [0.5, 0.6) is 0 Å². The van der Waals surface area contributed by atoms with Crippen molar-refractivity contribution in [3.63, 3.8) is 0 Å². The molecule has 0 aromatic rings. The Bertz CT molecular complexity index is 690. The topological polar surface area (TPSA) is 244 Å². The van der Waals surface area contributed by atoms with Crippen molar-refractivity contribution in [3.05, 3.63) is 10.8 Å². The van der Waals surface area contributed by atoms with Gasteiger partial charge in [-0.05, 0) is 62.3 Å². The first-order valence-corrected chi connectivity index (χ1v) is 17.7. The predicted octanol–water partition coefficient (Wildman–Crippen LogP) is 1.88. The van der Waals surface area contributed by atoms with E-state index in [0.29, 0.717) is 45.9 Å². The molecule has 0 aliphatic heterocycles. The van der Waals surface area contributed by atoms with Crippen LogP contribution in [0.4, 0.5) is 0 Å². The molecular weight excluding hydrogens is 706 g/mol. The highest BCUT2D eigenvalue weighted by atomic mass is 35.5. The molecule has 0 saturated carbocycles. The molecule has 0 aromatic carbocycles. The number of hydrogen-bond acceptors (Lipinski definition) is 14. The van der Waals surface area contributed by atoms with E-state index < -0.39 is 26.1 Å². The zero-order valence-electron chi connectivity index (χ0n) is 29.7. The average Bonchev–Trinajstić information content (AvgIpc) is 3.01. The van der Waals surface area contributed by atoms with Gasteiger partial charge >= 0.3 is 7.82 Å². The summed E-state index contributed by atoms with van der Waals surface area (Å²) in [6, 6.07) is 0. The molecule has 0 aliphatic rings. The van der Waals surface area contributed by atoms with Crippen LogP contribution in [0.2, 0.25) is 0 Å². The summed E-state index contributed by atoms with van der Waals surface area (Å²) in [6.45, 7) is 18.3. The predicted molar refractivity (Wildman–Crippen MR) is 182 cm³/mol. The molecule has 48 heavy (non-hydrogen) atoms. The second kappa shape index (κ2) is 35.2. The van der Waals surface area contributed by atoms with Gasteiger partial charge in [-0.1, -0.05) is 23.2 Å². The molecule has 0 rings (SSSR count). The molecule has 16 nitrogen and oxygen atoms in total. The lowest BCUT2D eigenvalue weighted by atomic mass is 10.4. The Kier molecular flexibility index (Phi) is 40.0. The van der Waals surface area contributed by atoms with Crippen molar-refractivity contribution in [3.8, 4) is 0 Å². The highest BCUT2D eigenvalue weighted by Crippen LogP contribution is 2.36. The van der Waals surface area contributed by atoms with Gasteiger partial charge in [0.15, 0.2) is 0 Å². The molecule has 0 fully saturated rings. The highest BCUT2D eigenvalue weighted by Gasteiger charge is 2.12. The molecule has 0 heterocycles. The van der Waals surface area contributed by atoms with Crippen LogP contribution in [0, 0.1) is 0 Å². The lowest BCUT2D eigenvalue weighted by molar-refractivity contribution is -0.0620. The Balaban J connectivity index is -0.000000271. The third-order valence-electron chi connectivity index (χ3n) is 4.76. The Morgan fingerprint density at radius 3 is 0.896 bits per heavy atom. The highest BCUT2D eigenvalue weighted by molar-refractivity contribution is 7.46. The number of aliphatic hydroxyl groups excluding tert-OH is 6. The molecule has 0 amide bonds. The van der Waals surface area contributed by atoms with E-state index in [9.17, 15) is 4.57 Å². The molecular formula is C29H63Cl2O16P. The maximum absolute atomic E-state index is 9.85. The van der Waals surface area contributed by atoms with Crippen molar-refractivity contribution in [1.82, 2.24) is 0 Å². The molecule has 0 spiro atoms. The summed E-state index contributed by atoms with van der Waals surface area (Å²) >= 11 is 9.88. The van der Waals surface area contributed by atoms with Crippen molar-refractivity contribution < 1.29 is 77.9 Å². The van der Waals surface area contributed by atoms with Crippen LogP contribution in [-0.2, 0) is 37.5 Å². The minimum Gasteiger partial charge on any atom is -0.410 e. The quantitative estimate of drug-likeness (QED) is 0.0546. The summed E-state index contributed by atoms with van der Waals surface area (Å²) in [5, 5.41) is 52.7. The summed E-state index contributed by atoms with van der Waals surface area (Å²) in [5.74, 6) is 0. The number of phosphoric acid groups is 1. The lowest BCUT2D eigenvalue weighted by Gasteiger charge is -2.16. The van der Waals surface area contributed by atoms with E-state index in [0.717, 1.165) is 0 Å². The largest absolute Gasteiger partial charge is 0.524 e. The maximum atomic E-state index is 9.85. The molecule has 9 atom stereocenters. The minimum absolute atomic E-state index is 0.0170. The normalized spacial score (nSPS) is 16.8. The number of phosphoric ester groups is 1. The van der Waals surface area contributed by atoms with E-state index in [1.54, 1.807) is 41.5 Å². The van der Waals surface area contributed by atoms with E-state index in [1.165, 1.54) is 0 Å². The van der Waals surface area contributed by atoms with E-state index in [4.69, 9.17) is 92.0 Å². The molecule has 8 N–H and O–H groups in total. The molecule has 0 bridgehead atoms. The fraction of sp³-hybridized carbons (Fsp3) is 0.931. The molecule has 9 unspecified atom stereocenters. The van der Waals surface area contributed by atoms with Gasteiger partial charge in [0, 0.05) is 0 Å². The van der Waals surface area contributed by atoms with Crippen LogP contribution in [0.15, 0.2) is 10.8 Å². The molecule has 19 heteroatoms. The zero-order valence-corrected chi connectivity index (χ0v) is 32.1. The number of aliphatic hydroxyl groups is 6. The summed E-state index contributed by atoms with van der Waals surface area (Å²) in [7, 11) is -4.46. The van der Waals surface area contributed by atoms with Crippen molar-refractivity contribution in [1.29, 1.82) is 0 Å². The van der Waals surface area contributed by atoms with E-state index in [2.05, 4.69) is 4.52 Å². The van der Waals surface area contributed by atoms with Gasteiger partial charge in [-0.25, -0.2) is 4.57 Å². The number of hydrogen-bond donors (Lipinski definition) is 8. The van der Waals surface area contributed by atoms with Crippen molar-refractivity contribution >= 4 is 31.0 Å². The molecule has 0 saturated heterocycles. The van der Waals surface area contributed by atoms with Gasteiger partial charge in [0.25, 0.3) is 0 Å². The Hall–Kier alpha value is -0.210. The fourth-order valence-electron chi connectivity index (χ4n) is 2.22. The number of halogens is 2. The number of rotatable bonds is 23. The van der Waals surface area contributed by atoms with Gasteiger partial charge in [-0.3, -0.25) is 9.79 Å². The van der Waals surface area contributed by atoms with Gasteiger partial charge in [0.2, 0.25) is 0 Å². The molecule has 294 valence electrons. The Morgan fingerprint density at radius 1 is 0.521 bits per heavy atom. The average molecular weight is 770 g/mol. The van der Waals surface area contributed by atoms with Crippen molar-refractivity contribution in [2.24, 2.45) is 0 Å². The summed E-state index contributed by atoms with van der Waals surface area (Å²) in [5.41, 5.74) is 0. The van der Waals surface area contributed by atoms with E-state index in [1.807, 2.05) is 20.8 Å². The van der Waals surface area contributed by atoms with Crippen LogP contribution < -0.4 is 0 Å². The first-order valence-electron chi connectivity index (χ1n) is 15.4. The first-order chi connectivity index (χ1) is 22.1. The molecule has 0 aromatic heterocycles. The van der Waals surface area contributed by atoms with Crippen molar-refractivity contribution in [2.45, 2.75) is 117 Å². The third-order valence-corrected chi connectivity index (χ3v) is 5.32. The lowest BCUT2D eigenvalue weighted by Crippen LogP contribution is -2.24. The molecule has 0 aliphatic carbocycles. The minimum atomic E-state index is -4.46. The van der Waals surface area contributed by atoms with Gasteiger partial charge in [0.1, 0.15) is 10.8 Å². The Morgan fingerprint density at radius 2 is 0.750 bits per heavy atom. The first kappa shape index (κ1) is 54.6. The SMILES string of the molecule is CC(O)COC(C)COC(C)CO.CC(O)COC(C)COC(C)CO.CC(O)COC(C)COC(C)CO.O=P(O)(O)OC=C(Cl)Cl. The molecule has 0 radical (unpaired) electrons.